The number of hydrogen-bond donors (Lipinski definition) is 0. The average molecular weight is 718 g/mol. The van der Waals surface area contributed by atoms with Crippen molar-refractivity contribution in [2.75, 3.05) is 0 Å². The molecule has 7 aromatic rings. The van der Waals surface area contributed by atoms with Gasteiger partial charge in [0.2, 0.25) is 0 Å². The van der Waals surface area contributed by atoms with Gasteiger partial charge in [0.1, 0.15) is 22.2 Å². The third kappa shape index (κ3) is 4.50. The van der Waals surface area contributed by atoms with E-state index in [1.807, 2.05) is 60.7 Å². The largest absolute Gasteiger partial charge is 2.00 e. The molecular formula is C36H30N2O2Pt. The summed E-state index contributed by atoms with van der Waals surface area (Å²) in [5.74, 6) is 0. The minimum atomic E-state index is -0.163. The Morgan fingerprint density at radius 1 is 0.585 bits per heavy atom. The Kier molecular flexibility index (Phi) is 6.47. The van der Waals surface area contributed by atoms with Crippen LogP contribution in [0, 0.1) is 12.1 Å². The fourth-order valence-electron chi connectivity index (χ4n) is 5.53. The zero-order chi connectivity index (χ0) is 27.8. The maximum absolute atomic E-state index is 6.59. The van der Waals surface area contributed by atoms with Gasteiger partial charge < -0.3 is 8.83 Å². The number of furan rings is 2. The quantitative estimate of drug-likeness (QED) is 0.167. The van der Waals surface area contributed by atoms with Gasteiger partial charge in [-0.1, -0.05) is 53.7 Å². The van der Waals surface area contributed by atoms with E-state index >= 15 is 0 Å². The van der Waals surface area contributed by atoms with Gasteiger partial charge >= 0.3 is 21.1 Å². The Bertz CT molecular complexity index is 1910. The van der Waals surface area contributed by atoms with Crippen LogP contribution in [0.25, 0.3) is 66.7 Å². The smallest absolute Gasteiger partial charge is 0.454 e. The maximum atomic E-state index is 6.59. The fraction of sp³-hybridized carbons (Fsp3) is 0.222. The van der Waals surface area contributed by atoms with Gasteiger partial charge in [0.15, 0.2) is 11.2 Å². The van der Waals surface area contributed by atoms with E-state index in [-0.39, 0.29) is 31.9 Å². The molecule has 0 fully saturated rings. The van der Waals surface area contributed by atoms with Crippen molar-refractivity contribution in [1.82, 2.24) is 9.97 Å². The zero-order valence-electron chi connectivity index (χ0n) is 24.0. The van der Waals surface area contributed by atoms with Crippen LogP contribution in [-0.2, 0) is 31.9 Å². The number of nitrogens with zero attached hydrogens (tertiary/aromatic N) is 2. The second-order valence-electron chi connectivity index (χ2n) is 12.5. The first-order valence-electron chi connectivity index (χ1n) is 13.7. The van der Waals surface area contributed by atoms with Gasteiger partial charge in [-0.25, -0.2) is 0 Å². The summed E-state index contributed by atoms with van der Waals surface area (Å²) < 4.78 is 13.2. The Hall–Kier alpha value is -3.75. The monoisotopic (exact) mass is 717 g/mol. The zero-order valence-corrected chi connectivity index (χ0v) is 26.2. The molecule has 0 atom stereocenters. The SMILES string of the molecule is CC(C)(C)c1cc(-c2[c-]cccc2)nc2c1oc1ccc3oc4c(C(C)(C)C)cc(-c5[c-]cccc5)nc4c3c12.[Pt+2]. The van der Waals surface area contributed by atoms with Gasteiger partial charge in [0, 0.05) is 0 Å². The molecule has 0 spiro atoms. The van der Waals surface area contributed by atoms with Gasteiger partial charge in [-0.2, -0.15) is 0 Å². The van der Waals surface area contributed by atoms with E-state index in [4.69, 9.17) is 18.8 Å². The third-order valence-electron chi connectivity index (χ3n) is 7.56. The second kappa shape index (κ2) is 9.67. The van der Waals surface area contributed by atoms with Crippen molar-refractivity contribution in [2.24, 2.45) is 0 Å². The normalized spacial score (nSPS) is 12.4. The molecule has 0 aliphatic carbocycles. The van der Waals surface area contributed by atoms with Crippen LogP contribution in [0.15, 0.2) is 81.6 Å². The van der Waals surface area contributed by atoms with E-state index in [0.29, 0.717) is 0 Å². The first-order valence-corrected chi connectivity index (χ1v) is 13.7. The molecule has 0 saturated carbocycles. The maximum Gasteiger partial charge on any atom is 2.00 e. The van der Waals surface area contributed by atoms with Gasteiger partial charge in [-0.05, 0) is 45.5 Å². The van der Waals surface area contributed by atoms with Crippen molar-refractivity contribution in [3.05, 3.63) is 96.1 Å². The minimum Gasteiger partial charge on any atom is -0.454 e. The third-order valence-corrected chi connectivity index (χ3v) is 7.56. The molecule has 7 rings (SSSR count). The van der Waals surface area contributed by atoms with Crippen molar-refractivity contribution in [3.63, 3.8) is 0 Å². The van der Waals surface area contributed by atoms with Gasteiger partial charge in [-0.3, -0.25) is 9.97 Å². The van der Waals surface area contributed by atoms with Crippen LogP contribution in [0.4, 0.5) is 0 Å². The molecule has 0 unspecified atom stereocenters. The molecular weight excluding hydrogens is 687 g/mol. The van der Waals surface area contributed by atoms with Gasteiger partial charge in [-0.15, -0.1) is 71.8 Å². The van der Waals surface area contributed by atoms with Crippen molar-refractivity contribution < 1.29 is 29.9 Å². The fourth-order valence-corrected chi connectivity index (χ4v) is 5.53. The first kappa shape index (κ1) is 27.4. The topological polar surface area (TPSA) is 52.1 Å². The van der Waals surface area contributed by atoms with Crippen LogP contribution in [0.1, 0.15) is 52.7 Å². The summed E-state index contributed by atoms with van der Waals surface area (Å²) in [6.07, 6.45) is 0. The van der Waals surface area contributed by atoms with E-state index < -0.39 is 0 Å². The Morgan fingerprint density at radius 3 is 1.34 bits per heavy atom. The number of pyridine rings is 2. The van der Waals surface area contributed by atoms with E-state index in [2.05, 4.69) is 65.8 Å². The molecule has 0 bridgehead atoms. The number of hydrogen-bond acceptors (Lipinski definition) is 4. The molecule has 41 heavy (non-hydrogen) atoms. The molecule has 0 N–H and O–H groups in total. The molecule has 3 aromatic carbocycles. The summed E-state index contributed by atoms with van der Waals surface area (Å²) in [4.78, 5) is 10.4. The van der Waals surface area contributed by atoms with Crippen molar-refractivity contribution >= 4 is 44.1 Å². The second-order valence-corrected chi connectivity index (χ2v) is 12.5. The molecule has 0 amide bonds. The number of benzene rings is 3. The number of rotatable bonds is 2. The molecule has 0 saturated heterocycles. The van der Waals surface area contributed by atoms with Gasteiger partial charge in [0.05, 0.1) is 10.8 Å². The van der Waals surface area contributed by atoms with Gasteiger partial charge in [0.25, 0.3) is 0 Å². The van der Waals surface area contributed by atoms with Crippen LogP contribution in [-0.4, -0.2) is 9.97 Å². The molecule has 5 heteroatoms. The van der Waals surface area contributed by atoms with E-state index in [1.165, 1.54) is 0 Å². The Balaban J connectivity index is 0.00000302. The standard InChI is InChI=1S/C36H30N2O2.Pt/c1-35(2,3)23-19-25(21-13-9-7-10-14-21)37-31-29-27(39-33(23)31)17-18-28-30(29)32-34(40-28)24(36(4,5)6)20-26(38-32)22-15-11-8-12-16-22;/h7-13,15,17-20H,1-6H3;/q-2;+2. The first-order chi connectivity index (χ1) is 19.1. The Morgan fingerprint density at radius 2 is 1.00 bits per heavy atom. The number of fused-ring (bicyclic) bond motifs is 7. The molecule has 4 nitrogen and oxygen atoms in total. The summed E-state index contributed by atoms with van der Waals surface area (Å²) in [6, 6.07) is 30.9. The van der Waals surface area contributed by atoms with Crippen LogP contribution in [0.2, 0.25) is 0 Å². The van der Waals surface area contributed by atoms with Crippen molar-refractivity contribution in [1.29, 1.82) is 0 Å². The summed E-state index contributed by atoms with van der Waals surface area (Å²) in [6.45, 7) is 13.2. The number of aromatic nitrogens is 2. The molecule has 0 aliphatic rings. The van der Waals surface area contributed by atoms with E-state index in [0.717, 1.165) is 77.8 Å². The van der Waals surface area contributed by atoms with E-state index in [9.17, 15) is 0 Å². The molecule has 0 aliphatic heterocycles. The van der Waals surface area contributed by atoms with Crippen LogP contribution in [0.5, 0.6) is 0 Å². The van der Waals surface area contributed by atoms with Crippen LogP contribution < -0.4 is 0 Å². The molecule has 0 radical (unpaired) electrons. The Labute approximate surface area is 254 Å². The van der Waals surface area contributed by atoms with Crippen LogP contribution in [0.3, 0.4) is 0 Å². The van der Waals surface area contributed by atoms with Crippen LogP contribution >= 0.6 is 0 Å². The minimum absolute atomic E-state index is 0. The van der Waals surface area contributed by atoms with Crippen molar-refractivity contribution in [2.45, 2.75) is 52.4 Å². The molecule has 4 heterocycles. The average Bonchev–Trinajstić information content (AvgIpc) is 3.49. The molecule has 4 aromatic heterocycles. The molecule has 206 valence electrons. The summed E-state index contributed by atoms with van der Waals surface area (Å²) in [5.41, 5.74) is 10.3. The van der Waals surface area contributed by atoms with E-state index in [1.54, 1.807) is 0 Å². The summed E-state index contributed by atoms with van der Waals surface area (Å²) in [7, 11) is 0. The van der Waals surface area contributed by atoms with Crippen molar-refractivity contribution in [3.8, 4) is 22.5 Å². The predicted octanol–water partition coefficient (Wildman–Crippen LogP) is 9.80. The predicted molar refractivity (Wildman–Crippen MR) is 163 cm³/mol. The summed E-state index contributed by atoms with van der Waals surface area (Å²) >= 11 is 0. The summed E-state index contributed by atoms with van der Waals surface area (Å²) in [5, 5.41) is 1.85.